The molecule has 5 nitrogen and oxygen atoms in total. The van der Waals surface area contributed by atoms with Gasteiger partial charge in [0.1, 0.15) is 5.60 Å². The maximum atomic E-state index is 11.7. The Morgan fingerprint density at radius 2 is 1.91 bits per heavy atom. The molecule has 23 heavy (non-hydrogen) atoms. The molecule has 1 aliphatic rings. The van der Waals surface area contributed by atoms with Crippen molar-refractivity contribution in [1.82, 2.24) is 15.6 Å². The van der Waals surface area contributed by atoms with Gasteiger partial charge in [0.2, 0.25) is 0 Å². The van der Waals surface area contributed by atoms with Gasteiger partial charge in [0, 0.05) is 29.4 Å². The summed E-state index contributed by atoms with van der Waals surface area (Å²) in [7, 11) is 0. The van der Waals surface area contributed by atoms with Gasteiger partial charge < -0.3 is 15.4 Å². The molecular formula is C17H29N3O2S. The molecule has 6 heteroatoms. The Morgan fingerprint density at radius 3 is 2.43 bits per heavy atom. The molecule has 1 aromatic rings. The molecule has 1 aromatic heterocycles. The van der Waals surface area contributed by atoms with Crippen LogP contribution in [-0.4, -0.2) is 28.8 Å². The number of aromatic nitrogens is 1. The summed E-state index contributed by atoms with van der Waals surface area (Å²) in [6, 6.07) is 0.651. The number of hydrogen-bond acceptors (Lipinski definition) is 5. The van der Waals surface area contributed by atoms with Gasteiger partial charge in [-0.2, -0.15) is 0 Å². The van der Waals surface area contributed by atoms with Crippen molar-refractivity contribution >= 4 is 17.4 Å². The molecule has 0 bridgehead atoms. The van der Waals surface area contributed by atoms with E-state index in [1.54, 1.807) is 11.3 Å². The summed E-state index contributed by atoms with van der Waals surface area (Å²) in [6.45, 7) is 13.0. The number of ether oxygens (including phenoxy) is 1. The zero-order chi connectivity index (χ0) is 17.3. The molecule has 1 heterocycles. The van der Waals surface area contributed by atoms with Gasteiger partial charge in [-0.1, -0.05) is 20.8 Å². The Morgan fingerprint density at radius 1 is 1.26 bits per heavy atom. The van der Waals surface area contributed by atoms with Crippen LogP contribution < -0.4 is 10.6 Å². The quantitative estimate of drug-likeness (QED) is 0.880. The summed E-state index contributed by atoms with van der Waals surface area (Å²) in [5.74, 6) is 0. The summed E-state index contributed by atoms with van der Waals surface area (Å²) in [5, 5.41) is 9.72. The number of carbonyl (C=O) groups excluding carboxylic acids is 1. The van der Waals surface area contributed by atoms with Crippen LogP contribution >= 0.6 is 11.3 Å². The first-order valence-corrected chi connectivity index (χ1v) is 9.09. The lowest BCUT2D eigenvalue weighted by molar-refractivity contribution is 0.0465. The second-order valence-corrected chi connectivity index (χ2v) is 9.14. The molecule has 1 saturated carbocycles. The summed E-state index contributed by atoms with van der Waals surface area (Å²) < 4.78 is 5.26. The number of nitrogens with one attached hydrogen (secondary N) is 2. The van der Waals surface area contributed by atoms with Gasteiger partial charge in [0.05, 0.1) is 10.7 Å². The van der Waals surface area contributed by atoms with E-state index < -0.39 is 5.60 Å². The maximum Gasteiger partial charge on any atom is 0.407 e. The fourth-order valence-corrected chi connectivity index (χ4v) is 3.27. The van der Waals surface area contributed by atoms with E-state index in [2.05, 4.69) is 41.8 Å². The zero-order valence-electron chi connectivity index (χ0n) is 15.0. The van der Waals surface area contributed by atoms with Gasteiger partial charge in [-0.25, -0.2) is 9.78 Å². The summed E-state index contributed by atoms with van der Waals surface area (Å²) in [4.78, 5) is 16.4. The molecule has 0 saturated heterocycles. The van der Waals surface area contributed by atoms with E-state index in [0.29, 0.717) is 6.04 Å². The van der Waals surface area contributed by atoms with Crippen LogP contribution in [0.15, 0.2) is 5.38 Å². The number of alkyl carbamates (subject to hydrolysis) is 1. The van der Waals surface area contributed by atoms with Gasteiger partial charge in [0.15, 0.2) is 0 Å². The Balaban J connectivity index is 1.67. The van der Waals surface area contributed by atoms with Crippen molar-refractivity contribution in [2.45, 2.75) is 84.0 Å². The number of thiazole rings is 1. The second-order valence-electron chi connectivity index (χ2n) is 8.29. The first-order chi connectivity index (χ1) is 10.5. The number of carbonyl (C=O) groups is 1. The third-order valence-corrected chi connectivity index (χ3v) is 4.94. The fraction of sp³-hybridized carbons (Fsp3) is 0.765. The topological polar surface area (TPSA) is 63.2 Å². The molecule has 130 valence electrons. The molecule has 0 unspecified atom stereocenters. The summed E-state index contributed by atoms with van der Waals surface area (Å²) in [5.41, 5.74) is 0.770. The lowest BCUT2D eigenvalue weighted by Gasteiger charge is -2.36. The highest BCUT2D eigenvalue weighted by molar-refractivity contribution is 7.09. The lowest BCUT2D eigenvalue weighted by atomic mass is 9.87. The molecular weight excluding hydrogens is 310 g/mol. The van der Waals surface area contributed by atoms with Crippen LogP contribution in [0.5, 0.6) is 0 Å². The fourth-order valence-electron chi connectivity index (χ4n) is 2.36. The summed E-state index contributed by atoms with van der Waals surface area (Å²) >= 11 is 1.72. The smallest absolute Gasteiger partial charge is 0.407 e. The van der Waals surface area contributed by atoms with Crippen molar-refractivity contribution in [2.24, 2.45) is 0 Å². The van der Waals surface area contributed by atoms with Crippen LogP contribution in [0.3, 0.4) is 0 Å². The standard InChI is InChI=1S/C17H29N3O2S/c1-16(2,3)14-19-13(10-23-14)9-18-11-7-12(8-11)20-15(21)22-17(4,5)6/h10-12,18H,7-9H2,1-6H3,(H,20,21). The Bertz CT molecular complexity index is 537. The van der Waals surface area contributed by atoms with Gasteiger partial charge in [0.25, 0.3) is 0 Å². The highest BCUT2D eigenvalue weighted by atomic mass is 32.1. The SMILES string of the molecule is CC(C)(C)OC(=O)NC1CC(NCc2csc(C(C)(C)C)n2)C1. The number of hydrogen-bond donors (Lipinski definition) is 2. The molecule has 1 aliphatic carbocycles. The average molecular weight is 340 g/mol. The van der Waals surface area contributed by atoms with Crippen molar-refractivity contribution in [2.75, 3.05) is 0 Å². The van der Waals surface area contributed by atoms with E-state index >= 15 is 0 Å². The van der Waals surface area contributed by atoms with E-state index in [1.807, 2.05) is 20.8 Å². The van der Waals surface area contributed by atoms with Crippen LogP contribution in [-0.2, 0) is 16.7 Å². The van der Waals surface area contributed by atoms with Crippen molar-refractivity contribution in [1.29, 1.82) is 0 Å². The molecule has 1 fully saturated rings. The molecule has 0 atom stereocenters. The lowest BCUT2D eigenvalue weighted by Crippen LogP contribution is -2.53. The van der Waals surface area contributed by atoms with Crippen LogP contribution in [0.25, 0.3) is 0 Å². The van der Waals surface area contributed by atoms with Crippen LogP contribution in [0.1, 0.15) is 65.1 Å². The van der Waals surface area contributed by atoms with Crippen LogP contribution in [0.2, 0.25) is 0 Å². The van der Waals surface area contributed by atoms with E-state index in [-0.39, 0.29) is 17.6 Å². The van der Waals surface area contributed by atoms with Crippen molar-refractivity contribution in [3.8, 4) is 0 Å². The van der Waals surface area contributed by atoms with Crippen LogP contribution in [0, 0.1) is 0 Å². The third-order valence-electron chi connectivity index (χ3n) is 3.62. The third kappa shape index (κ3) is 5.77. The van der Waals surface area contributed by atoms with E-state index in [1.165, 1.54) is 5.01 Å². The van der Waals surface area contributed by atoms with Crippen molar-refractivity contribution in [3.05, 3.63) is 16.1 Å². The monoisotopic (exact) mass is 339 g/mol. The molecule has 0 aromatic carbocycles. The molecule has 0 spiro atoms. The van der Waals surface area contributed by atoms with Crippen LogP contribution in [0.4, 0.5) is 4.79 Å². The predicted molar refractivity (Wildman–Crippen MR) is 93.8 cm³/mol. The Kier molecular flexibility index (Phi) is 5.36. The van der Waals surface area contributed by atoms with E-state index in [4.69, 9.17) is 4.74 Å². The van der Waals surface area contributed by atoms with Crippen molar-refractivity contribution in [3.63, 3.8) is 0 Å². The molecule has 2 N–H and O–H groups in total. The van der Waals surface area contributed by atoms with Crippen molar-refractivity contribution < 1.29 is 9.53 Å². The first kappa shape index (κ1) is 18.2. The van der Waals surface area contributed by atoms with E-state index in [0.717, 1.165) is 25.1 Å². The predicted octanol–water partition coefficient (Wildman–Crippen LogP) is 3.59. The first-order valence-electron chi connectivity index (χ1n) is 8.21. The largest absolute Gasteiger partial charge is 0.444 e. The minimum Gasteiger partial charge on any atom is -0.444 e. The molecule has 0 radical (unpaired) electrons. The summed E-state index contributed by atoms with van der Waals surface area (Å²) in [6.07, 6.45) is 1.56. The van der Waals surface area contributed by atoms with Gasteiger partial charge >= 0.3 is 6.09 Å². The van der Waals surface area contributed by atoms with Gasteiger partial charge in [-0.15, -0.1) is 11.3 Å². The normalized spacial score (nSPS) is 21.7. The molecule has 2 rings (SSSR count). The van der Waals surface area contributed by atoms with Gasteiger partial charge in [-0.3, -0.25) is 0 Å². The van der Waals surface area contributed by atoms with E-state index in [9.17, 15) is 4.79 Å². The van der Waals surface area contributed by atoms with Gasteiger partial charge in [-0.05, 0) is 33.6 Å². The average Bonchev–Trinajstić information content (AvgIpc) is 2.77. The highest BCUT2D eigenvalue weighted by Gasteiger charge is 2.31. The Hall–Kier alpha value is -1.14. The second kappa shape index (κ2) is 6.77. The molecule has 0 aliphatic heterocycles. The number of rotatable bonds is 4. The number of nitrogens with zero attached hydrogens (tertiary/aromatic N) is 1. The minimum atomic E-state index is -0.444. The highest BCUT2D eigenvalue weighted by Crippen LogP contribution is 2.26. The number of amides is 1. The Labute approximate surface area is 143 Å². The zero-order valence-corrected chi connectivity index (χ0v) is 15.8. The maximum absolute atomic E-state index is 11.7. The minimum absolute atomic E-state index is 0.113. The molecule has 1 amide bonds.